The summed E-state index contributed by atoms with van der Waals surface area (Å²) in [6.07, 6.45) is 0. The van der Waals surface area contributed by atoms with Crippen molar-refractivity contribution in [3.63, 3.8) is 0 Å². The standard InChI is InChI=1S/C25H16N2O4/c26-14-19-22(16-7-3-1-4-8-16)23(17-9-5-2-6-10-17)31-25(19)27-24(28)18-11-12-20-21(13-18)30-15-29-20/h1-13H,15H2,(H,27,28). The van der Waals surface area contributed by atoms with Gasteiger partial charge in [-0.15, -0.1) is 0 Å². The van der Waals surface area contributed by atoms with Gasteiger partial charge in [0.2, 0.25) is 12.7 Å². The summed E-state index contributed by atoms with van der Waals surface area (Å²) in [5.74, 6) is 1.29. The molecule has 150 valence electrons. The lowest BCUT2D eigenvalue weighted by Gasteiger charge is -2.04. The van der Waals surface area contributed by atoms with E-state index in [4.69, 9.17) is 13.9 Å². The van der Waals surface area contributed by atoms with E-state index < -0.39 is 5.91 Å². The van der Waals surface area contributed by atoms with E-state index in [1.165, 1.54) is 0 Å². The van der Waals surface area contributed by atoms with Crippen molar-refractivity contribution in [2.75, 3.05) is 12.1 Å². The van der Waals surface area contributed by atoms with E-state index in [1.54, 1.807) is 18.2 Å². The van der Waals surface area contributed by atoms with Gasteiger partial charge < -0.3 is 13.9 Å². The molecule has 0 atom stereocenters. The van der Waals surface area contributed by atoms with Crippen molar-refractivity contribution in [3.05, 3.63) is 90.0 Å². The van der Waals surface area contributed by atoms with E-state index in [1.807, 2.05) is 60.7 Å². The first kappa shape index (κ1) is 18.5. The van der Waals surface area contributed by atoms with Crippen LogP contribution in [0, 0.1) is 11.3 Å². The van der Waals surface area contributed by atoms with Crippen molar-refractivity contribution < 1.29 is 18.7 Å². The largest absolute Gasteiger partial charge is 0.454 e. The van der Waals surface area contributed by atoms with Gasteiger partial charge >= 0.3 is 0 Å². The third-order valence-electron chi connectivity index (χ3n) is 4.98. The second-order valence-corrected chi connectivity index (χ2v) is 6.88. The van der Waals surface area contributed by atoms with Crippen LogP contribution < -0.4 is 14.8 Å². The second kappa shape index (κ2) is 7.73. The van der Waals surface area contributed by atoms with Gasteiger partial charge in [0.15, 0.2) is 11.5 Å². The molecule has 0 fully saturated rings. The van der Waals surface area contributed by atoms with Crippen LogP contribution in [-0.2, 0) is 0 Å². The minimum atomic E-state index is -0.414. The maximum Gasteiger partial charge on any atom is 0.258 e. The highest BCUT2D eigenvalue weighted by Gasteiger charge is 2.25. The number of ether oxygens (including phenoxy) is 2. The third-order valence-corrected chi connectivity index (χ3v) is 4.98. The van der Waals surface area contributed by atoms with Gasteiger partial charge in [-0.3, -0.25) is 10.1 Å². The lowest BCUT2D eigenvalue weighted by molar-refractivity contribution is 0.102. The van der Waals surface area contributed by atoms with E-state index >= 15 is 0 Å². The second-order valence-electron chi connectivity index (χ2n) is 6.88. The molecule has 0 bridgehead atoms. The summed E-state index contributed by atoms with van der Waals surface area (Å²) in [4.78, 5) is 12.9. The van der Waals surface area contributed by atoms with Crippen molar-refractivity contribution >= 4 is 11.8 Å². The van der Waals surface area contributed by atoms with Gasteiger partial charge in [0.1, 0.15) is 17.4 Å². The van der Waals surface area contributed by atoms with Crippen LogP contribution in [0.1, 0.15) is 15.9 Å². The zero-order chi connectivity index (χ0) is 21.2. The Hall–Kier alpha value is -4.50. The topological polar surface area (TPSA) is 84.5 Å². The molecule has 6 nitrogen and oxygen atoms in total. The Morgan fingerprint density at radius 2 is 1.55 bits per heavy atom. The van der Waals surface area contributed by atoms with Crippen molar-refractivity contribution in [2.45, 2.75) is 0 Å². The summed E-state index contributed by atoms with van der Waals surface area (Å²) < 4.78 is 16.7. The molecule has 1 aromatic heterocycles. The molecule has 0 radical (unpaired) electrons. The highest BCUT2D eigenvalue weighted by atomic mass is 16.7. The zero-order valence-corrected chi connectivity index (χ0v) is 16.3. The molecule has 1 amide bonds. The number of rotatable bonds is 4. The van der Waals surface area contributed by atoms with Crippen LogP contribution in [0.2, 0.25) is 0 Å². The Bertz CT molecular complexity index is 1300. The number of fused-ring (bicyclic) bond motifs is 1. The maximum absolute atomic E-state index is 12.9. The summed E-state index contributed by atoms with van der Waals surface area (Å²) >= 11 is 0. The van der Waals surface area contributed by atoms with Crippen molar-refractivity contribution in [3.8, 4) is 40.0 Å². The van der Waals surface area contributed by atoms with Crippen molar-refractivity contribution in [1.29, 1.82) is 5.26 Å². The number of nitrogens with one attached hydrogen (secondary N) is 1. The van der Waals surface area contributed by atoms with E-state index in [0.717, 1.165) is 11.1 Å². The maximum atomic E-state index is 12.9. The number of furan rings is 1. The van der Waals surface area contributed by atoms with Gasteiger partial charge in [0.25, 0.3) is 5.91 Å². The van der Waals surface area contributed by atoms with E-state index in [2.05, 4.69) is 11.4 Å². The van der Waals surface area contributed by atoms with Crippen LogP contribution in [0.15, 0.2) is 83.3 Å². The number of benzene rings is 3. The molecule has 5 rings (SSSR count). The monoisotopic (exact) mass is 408 g/mol. The summed E-state index contributed by atoms with van der Waals surface area (Å²) in [6.45, 7) is 0.123. The Morgan fingerprint density at radius 3 is 2.26 bits per heavy atom. The number of amides is 1. The molecule has 0 saturated carbocycles. The number of hydrogen-bond donors (Lipinski definition) is 1. The van der Waals surface area contributed by atoms with Crippen LogP contribution in [0.3, 0.4) is 0 Å². The van der Waals surface area contributed by atoms with Crippen LogP contribution in [0.25, 0.3) is 22.5 Å². The molecule has 1 aliphatic heterocycles. The number of anilines is 1. The molecular weight excluding hydrogens is 392 g/mol. The highest BCUT2D eigenvalue weighted by Crippen LogP contribution is 2.41. The minimum absolute atomic E-state index is 0.0999. The highest BCUT2D eigenvalue weighted by molar-refractivity contribution is 6.05. The zero-order valence-electron chi connectivity index (χ0n) is 16.3. The summed E-state index contributed by atoms with van der Waals surface area (Å²) in [5, 5.41) is 12.7. The van der Waals surface area contributed by atoms with E-state index in [9.17, 15) is 10.1 Å². The first-order valence-electron chi connectivity index (χ1n) is 9.63. The van der Waals surface area contributed by atoms with Crippen LogP contribution in [0.5, 0.6) is 11.5 Å². The molecule has 0 saturated heterocycles. The predicted molar refractivity (Wildman–Crippen MR) is 115 cm³/mol. The minimum Gasteiger partial charge on any atom is -0.454 e. The molecule has 0 spiro atoms. The first-order chi connectivity index (χ1) is 15.2. The Labute approximate surface area is 178 Å². The summed E-state index contributed by atoms with van der Waals surface area (Å²) in [7, 11) is 0. The Balaban J connectivity index is 1.58. The quantitative estimate of drug-likeness (QED) is 0.484. The predicted octanol–water partition coefficient (Wildman–Crippen LogP) is 5.47. The fourth-order valence-electron chi connectivity index (χ4n) is 3.51. The van der Waals surface area contributed by atoms with Crippen LogP contribution in [0.4, 0.5) is 5.88 Å². The van der Waals surface area contributed by atoms with Crippen LogP contribution in [-0.4, -0.2) is 12.7 Å². The SMILES string of the molecule is N#Cc1c(NC(=O)c2ccc3c(c2)OCO3)oc(-c2ccccc2)c1-c1ccccc1. The van der Waals surface area contributed by atoms with Gasteiger partial charge in [-0.05, 0) is 23.8 Å². The molecular formula is C25H16N2O4. The van der Waals surface area contributed by atoms with E-state index in [0.29, 0.717) is 28.4 Å². The fourth-order valence-corrected chi connectivity index (χ4v) is 3.51. The van der Waals surface area contributed by atoms with Gasteiger partial charge in [0, 0.05) is 16.7 Å². The molecule has 2 heterocycles. The fraction of sp³-hybridized carbons (Fsp3) is 0.0400. The molecule has 6 heteroatoms. The number of nitriles is 1. The van der Waals surface area contributed by atoms with Crippen LogP contribution >= 0.6 is 0 Å². The normalized spacial score (nSPS) is 11.7. The van der Waals surface area contributed by atoms with Gasteiger partial charge in [0.05, 0.1) is 0 Å². The van der Waals surface area contributed by atoms with Gasteiger partial charge in [-0.25, -0.2) is 0 Å². The smallest absolute Gasteiger partial charge is 0.258 e. The van der Waals surface area contributed by atoms with Crippen molar-refractivity contribution in [1.82, 2.24) is 0 Å². The lowest BCUT2D eigenvalue weighted by atomic mass is 9.98. The molecule has 0 unspecified atom stereocenters. The molecule has 4 aromatic rings. The van der Waals surface area contributed by atoms with Gasteiger partial charge in [-0.1, -0.05) is 60.7 Å². The number of carbonyl (C=O) groups is 1. The number of carbonyl (C=O) groups excluding carboxylic acids is 1. The molecule has 31 heavy (non-hydrogen) atoms. The molecule has 1 N–H and O–H groups in total. The number of nitrogens with zero attached hydrogens (tertiary/aromatic N) is 1. The average Bonchev–Trinajstić information content (AvgIpc) is 3.44. The summed E-state index contributed by atoms with van der Waals surface area (Å²) in [6, 6.07) is 26.1. The lowest BCUT2D eigenvalue weighted by Crippen LogP contribution is -2.12. The van der Waals surface area contributed by atoms with E-state index in [-0.39, 0.29) is 18.2 Å². The summed E-state index contributed by atoms with van der Waals surface area (Å²) in [5.41, 5.74) is 2.90. The first-order valence-corrected chi connectivity index (χ1v) is 9.63. The average molecular weight is 408 g/mol. The Kier molecular flexibility index (Phi) is 4.62. The number of hydrogen-bond acceptors (Lipinski definition) is 5. The van der Waals surface area contributed by atoms with Crippen molar-refractivity contribution in [2.24, 2.45) is 0 Å². The molecule has 3 aromatic carbocycles. The molecule has 0 aliphatic carbocycles. The molecule has 1 aliphatic rings. The van der Waals surface area contributed by atoms with Gasteiger partial charge in [-0.2, -0.15) is 5.26 Å². The third kappa shape index (κ3) is 3.38. The Morgan fingerprint density at radius 1 is 0.871 bits per heavy atom.